The lowest BCUT2D eigenvalue weighted by Crippen LogP contribution is -2.31. The molecule has 0 radical (unpaired) electrons. The second-order valence-corrected chi connectivity index (χ2v) is 8.04. The van der Waals surface area contributed by atoms with Crippen LogP contribution >= 0.6 is 0 Å². The highest BCUT2D eigenvalue weighted by molar-refractivity contribution is 5.15. The Kier molecular flexibility index (Phi) is 12.8. The molecular weight excluding hydrogens is 374 g/mol. The van der Waals surface area contributed by atoms with E-state index in [1.807, 2.05) is 30.3 Å². The van der Waals surface area contributed by atoms with Gasteiger partial charge in [0.25, 0.3) is 0 Å². The van der Waals surface area contributed by atoms with E-state index in [1.165, 1.54) is 57.8 Å². The summed E-state index contributed by atoms with van der Waals surface area (Å²) in [6.07, 6.45) is 13.5. The SMILES string of the molecule is CCCCCCCCCCCCC#C[C@@H]1OC[C@H](N=[N+]=[N-])[C@@H]1OCc1ccccc1. The van der Waals surface area contributed by atoms with Gasteiger partial charge in [-0.15, -0.1) is 5.92 Å². The van der Waals surface area contributed by atoms with Crippen molar-refractivity contribution in [2.45, 2.75) is 102 Å². The summed E-state index contributed by atoms with van der Waals surface area (Å²) < 4.78 is 11.8. The van der Waals surface area contributed by atoms with E-state index < -0.39 is 0 Å². The molecule has 0 saturated carbocycles. The molecule has 0 aliphatic carbocycles. The molecule has 0 spiro atoms. The van der Waals surface area contributed by atoms with Crippen LogP contribution in [0.4, 0.5) is 0 Å². The molecule has 1 aliphatic rings. The monoisotopic (exact) mass is 411 g/mol. The molecule has 1 fully saturated rings. The first kappa shape index (κ1) is 24.3. The van der Waals surface area contributed by atoms with E-state index in [0.29, 0.717) is 13.2 Å². The Hall–Kier alpha value is -1.99. The zero-order valence-corrected chi connectivity index (χ0v) is 18.5. The molecule has 1 aliphatic heterocycles. The zero-order valence-electron chi connectivity index (χ0n) is 18.5. The fourth-order valence-electron chi connectivity index (χ4n) is 3.72. The second-order valence-electron chi connectivity index (χ2n) is 8.04. The van der Waals surface area contributed by atoms with Gasteiger partial charge in [-0.3, -0.25) is 0 Å². The minimum Gasteiger partial charge on any atom is -0.369 e. The van der Waals surface area contributed by atoms with Crippen LogP contribution in [0.1, 0.15) is 83.1 Å². The van der Waals surface area contributed by atoms with Crippen molar-refractivity contribution in [3.8, 4) is 11.8 Å². The molecule has 0 amide bonds. The fourth-order valence-corrected chi connectivity index (χ4v) is 3.72. The normalized spacial score (nSPS) is 20.4. The van der Waals surface area contributed by atoms with Gasteiger partial charge in [-0.1, -0.05) is 106 Å². The molecule has 2 rings (SSSR count). The van der Waals surface area contributed by atoms with E-state index in [0.717, 1.165) is 18.4 Å². The highest BCUT2D eigenvalue weighted by Gasteiger charge is 2.36. The average molecular weight is 412 g/mol. The van der Waals surface area contributed by atoms with E-state index in [1.54, 1.807) is 0 Å². The topological polar surface area (TPSA) is 67.2 Å². The van der Waals surface area contributed by atoms with Crippen molar-refractivity contribution in [3.05, 3.63) is 46.3 Å². The predicted molar refractivity (Wildman–Crippen MR) is 122 cm³/mol. The molecule has 1 saturated heterocycles. The maximum absolute atomic E-state index is 8.82. The van der Waals surface area contributed by atoms with Gasteiger partial charge < -0.3 is 9.47 Å². The minimum absolute atomic E-state index is 0.318. The Bertz CT molecular complexity index is 677. The smallest absolute Gasteiger partial charge is 0.144 e. The van der Waals surface area contributed by atoms with Gasteiger partial charge in [0.2, 0.25) is 0 Å². The van der Waals surface area contributed by atoms with Gasteiger partial charge in [-0.25, -0.2) is 0 Å². The van der Waals surface area contributed by atoms with E-state index in [4.69, 9.17) is 15.0 Å². The number of unbranched alkanes of at least 4 members (excludes halogenated alkanes) is 10. The Labute approximate surface area is 182 Å². The number of ether oxygens (including phenoxy) is 2. The third-order valence-electron chi connectivity index (χ3n) is 5.51. The van der Waals surface area contributed by atoms with Gasteiger partial charge in [0.15, 0.2) is 0 Å². The number of hydrogen-bond acceptors (Lipinski definition) is 3. The lowest BCUT2D eigenvalue weighted by Gasteiger charge is -2.18. The molecule has 1 heterocycles. The van der Waals surface area contributed by atoms with Crippen LogP contribution in [0.25, 0.3) is 10.4 Å². The van der Waals surface area contributed by atoms with Crippen molar-refractivity contribution < 1.29 is 9.47 Å². The van der Waals surface area contributed by atoms with Crippen molar-refractivity contribution in [3.63, 3.8) is 0 Å². The molecule has 3 atom stereocenters. The molecule has 30 heavy (non-hydrogen) atoms. The third-order valence-corrected chi connectivity index (χ3v) is 5.51. The lowest BCUT2D eigenvalue weighted by atomic mass is 10.1. The van der Waals surface area contributed by atoms with Gasteiger partial charge in [0.1, 0.15) is 12.2 Å². The van der Waals surface area contributed by atoms with Crippen LogP contribution in [-0.2, 0) is 16.1 Å². The number of rotatable bonds is 14. The fraction of sp³-hybridized carbons (Fsp3) is 0.680. The van der Waals surface area contributed by atoms with Crippen LogP contribution in [0.3, 0.4) is 0 Å². The van der Waals surface area contributed by atoms with Crippen LogP contribution in [0.2, 0.25) is 0 Å². The summed E-state index contributed by atoms with van der Waals surface area (Å²) in [5.41, 5.74) is 9.90. The molecule has 164 valence electrons. The molecule has 0 bridgehead atoms. The highest BCUT2D eigenvalue weighted by Crippen LogP contribution is 2.22. The van der Waals surface area contributed by atoms with Crippen LogP contribution in [0.15, 0.2) is 35.4 Å². The van der Waals surface area contributed by atoms with E-state index >= 15 is 0 Å². The third kappa shape index (κ3) is 9.67. The molecular formula is C25H37N3O2. The first-order valence-corrected chi connectivity index (χ1v) is 11.6. The minimum atomic E-state index is -0.327. The summed E-state index contributed by atoms with van der Waals surface area (Å²) >= 11 is 0. The number of nitrogens with zero attached hydrogens (tertiary/aromatic N) is 3. The van der Waals surface area contributed by atoms with Gasteiger partial charge >= 0.3 is 0 Å². The second kappa shape index (κ2) is 15.8. The summed E-state index contributed by atoms with van der Waals surface area (Å²) in [5.74, 6) is 6.46. The van der Waals surface area contributed by atoms with E-state index in [-0.39, 0.29) is 18.2 Å². The van der Waals surface area contributed by atoms with Gasteiger partial charge in [0.05, 0.1) is 19.3 Å². The predicted octanol–water partition coefficient (Wildman–Crippen LogP) is 6.96. The lowest BCUT2D eigenvalue weighted by molar-refractivity contribution is 0.00276. The molecule has 1 aromatic rings. The summed E-state index contributed by atoms with van der Waals surface area (Å²) in [7, 11) is 0. The molecule has 0 unspecified atom stereocenters. The summed E-state index contributed by atoms with van der Waals surface area (Å²) in [4.78, 5) is 2.94. The van der Waals surface area contributed by atoms with Crippen LogP contribution in [-0.4, -0.2) is 24.9 Å². The van der Waals surface area contributed by atoms with Crippen LogP contribution in [0.5, 0.6) is 0 Å². The largest absolute Gasteiger partial charge is 0.369 e. The first-order chi connectivity index (χ1) is 14.8. The first-order valence-electron chi connectivity index (χ1n) is 11.6. The molecule has 0 aromatic heterocycles. The Morgan fingerprint density at radius 3 is 2.37 bits per heavy atom. The molecule has 0 N–H and O–H groups in total. The van der Waals surface area contributed by atoms with Crippen molar-refractivity contribution in [2.75, 3.05) is 6.61 Å². The van der Waals surface area contributed by atoms with Gasteiger partial charge in [0, 0.05) is 11.3 Å². The van der Waals surface area contributed by atoms with Gasteiger partial charge in [-0.2, -0.15) is 0 Å². The van der Waals surface area contributed by atoms with Crippen molar-refractivity contribution in [2.24, 2.45) is 5.11 Å². The van der Waals surface area contributed by atoms with Crippen molar-refractivity contribution >= 4 is 0 Å². The Morgan fingerprint density at radius 2 is 1.70 bits per heavy atom. The number of benzene rings is 1. The van der Waals surface area contributed by atoms with Crippen LogP contribution in [0, 0.1) is 11.8 Å². The van der Waals surface area contributed by atoms with E-state index in [2.05, 4.69) is 28.8 Å². The summed E-state index contributed by atoms with van der Waals surface area (Å²) in [6, 6.07) is 9.66. The maximum atomic E-state index is 8.82. The Balaban J connectivity index is 1.65. The molecule has 5 heteroatoms. The Morgan fingerprint density at radius 1 is 1.03 bits per heavy atom. The quantitative estimate of drug-likeness (QED) is 0.109. The molecule has 5 nitrogen and oxygen atoms in total. The highest BCUT2D eigenvalue weighted by atomic mass is 16.6. The average Bonchev–Trinajstić information content (AvgIpc) is 3.15. The number of hydrogen-bond donors (Lipinski definition) is 0. The summed E-state index contributed by atoms with van der Waals surface area (Å²) in [5, 5.41) is 3.84. The summed E-state index contributed by atoms with van der Waals surface area (Å²) in [6.45, 7) is 3.09. The van der Waals surface area contributed by atoms with Crippen molar-refractivity contribution in [1.29, 1.82) is 0 Å². The van der Waals surface area contributed by atoms with Gasteiger partial charge in [-0.05, 0) is 17.5 Å². The standard InChI is InChI=1S/C25H37N3O2/c1-2-3-4-5-6-7-8-9-10-11-12-16-19-24-25(23(21-29-24)27-28-26)30-20-22-17-14-13-15-18-22/h13-15,17-18,23-25H,2-12,20-21H2,1H3/t23-,24-,25-/m0/s1. The molecule has 1 aromatic carbocycles. The van der Waals surface area contributed by atoms with E-state index in [9.17, 15) is 0 Å². The number of azide groups is 1. The van der Waals surface area contributed by atoms with Crippen LogP contribution < -0.4 is 0 Å². The zero-order chi connectivity index (χ0) is 21.3. The van der Waals surface area contributed by atoms with Crippen molar-refractivity contribution in [1.82, 2.24) is 0 Å². The maximum Gasteiger partial charge on any atom is 0.144 e.